The molecule has 0 saturated carbocycles. The van der Waals surface area contributed by atoms with Crippen molar-refractivity contribution >= 4 is 11.7 Å². The van der Waals surface area contributed by atoms with Gasteiger partial charge in [0.15, 0.2) is 0 Å². The molecule has 1 fully saturated rings. The Bertz CT molecular complexity index is 1110. The van der Waals surface area contributed by atoms with Gasteiger partial charge in [-0.25, -0.2) is 23.3 Å². The molecule has 0 radical (unpaired) electrons. The molecule has 4 heterocycles. The van der Waals surface area contributed by atoms with Crippen LogP contribution in [-0.4, -0.2) is 55.1 Å². The van der Waals surface area contributed by atoms with E-state index in [1.165, 1.54) is 29.0 Å². The molecule has 1 atom stereocenters. The van der Waals surface area contributed by atoms with E-state index in [0.717, 1.165) is 0 Å². The Kier molecular flexibility index (Phi) is 5.70. The molecule has 1 aliphatic rings. The molecule has 3 aromatic heterocycles. The summed E-state index contributed by atoms with van der Waals surface area (Å²) in [6.45, 7) is -0.808. The summed E-state index contributed by atoms with van der Waals surface area (Å²) in [6.07, 6.45) is -0.254. The van der Waals surface area contributed by atoms with Crippen molar-refractivity contribution < 1.29 is 27.1 Å². The van der Waals surface area contributed by atoms with Crippen LogP contribution >= 0.6 is 0 Å². The number of amides is 1. The van der Waals surface area contributed by atoms with Gasteiger partial charge in [0.25, 0.3) is 18.1 Å². The lowest BCUT2D eigenvalue weighted by Gasteiger charge is -2.33. The van der Waals surface area contributed by atoms with Crippen LogP contribution in [0.5, 0.6) is 5.88 Å². The second-order valence-corrected chi connectivity index (χ2v) is 7.18. The first-order valence-corrected chi connectivity index (χ1v) is 9.53. The van der Waals surface area contributed by atoms with E-state index >= 15 is 0 Å². The zero-order valence-electron chi connectivity index (χ0n) is 16.4. The van der Waals surface area contributed by atoms with Gasteiger partial charge in [-0.05, 0) is 31.9 Å². The summed E-state index contributed by atoms with van der Waals surface area (Å²) in [5, 5.41) is 4.07. The number of carbonyl (C=O) groups excluding carboxylic acids is 1. The van der Waals surface area contributed by atoms with Gasteiger partial charge in [-0.15, -0.1) is 0 Å². The van der Waals surface area contributed by atoms with Crippen LogP contribution in [0.2, 0.25) is 0 Å². The second kappa shape index (κ2) is 8.44. The highest BCUT2D eigenvalue weighted by Crippen LogP contribution is 2.30. The fourth-order valence-corrected chi connectivity index (χ4v) is 3.76. The number of hydrogen-bond donors (Lipinski definition) is 0. The minimum atomic E-state index is -3.06. The van der Waals surface area contributed by atoms with E-state index < -0.39 is 18.7 Å². The molecule has 8 nitrogen and oxygen atoms in total. The molecular weight excluding hydrogens is 420 g/mol. The average molecular weight is 438 g/mol. The van der Waals surface area contributed by atoms with Gasteiger partial charge in [-0.1, -0.05) is 0 Å². The van der Waals surface area contributed by atoms with E-state index in [4.69, 9.17) is 0 Å². The van der Waals surface area contributed by atoms with Crippen molar-refractivity contribution in [2.75, 3.05) is 13.1 Å². The highest BCUT2D eigenvalue weighted by Gasteiger charge is 2.29. The molecule has 0 aliphatic carbocycles. The van der Waals surface area contributed by atoms with Crippen molar-refractivity contribution in [3.8, 4) is 5.88 Å². The normalized spacial score (nSPS) is 17.0. The number of carbonyl (C=O) groups is 1. The molecule has 3 aromatic rings. The fourth-order valence-electron chi connectivity index (χ4n) is 3.76. The van der Waals surface area contributed by atoms with E-state index in [1.54, 1.807) is 11.8 Å². The van der Waals surface area contributed by atoms with Gasteiger partial charge in [-0.2, -0.15) is 18.9 Å². The Morgan fingerprint density at radius 2 is 2.00 bits per heavy atom. The van der Waals surface area contributed by atoms with Gasteiger partial charge < -0.3 is 9.64 Å². The largest absolute Gasteiger partial charge is 0.417 e. The number of pyridine rings is 1. The smallest absolute Gasteiger partial charge is 0.388 e. The second-order valence-electron chi connectivity index (χ2n) is 7.18. The van der Waals surface area contributed by atoms with Crippen LogP contribution < -0.4 is 4.74 Å². The molecule has 0 spiro atoms. The molecule has 0 aromatic carbocycles. The van der Waals surface area contributed by atoms with Gasteiger partial charge in [0.2, 0.25) is 5.88 Å². The first-order chi connectivity index (χ1) is 14.8. The Morgan fingerprint density at radius 1 is 1.19 bits per heavy atom. The molecule has 4 rings (SSSR count). The number of aromatic nitrogens is 5. The topological polar surface area (TPSA) is 85.5 Å². The number of piperidine rings is 1. The third-order valence-corrected chi connectivity index (χ3v) is 5.04. The lowest BCUT2D eigenvalue weighted by molar-refractivity contribution is -0.0529. The molecule has 1 saturated heterocycles. The maximum atomic E-state index is 13.3. The molecule has 12 heteroatoms. The summed E-state index contributed by atoms with van der Waals surface area (Å²) < 4.78 is 57.4. The molecule has 0 unspecified atom stereocenters. The van der Waals surface area contributed by atoms with Crippen molar-refractivity contribution in [2.45, 2.75) is 38.7 Å². The average Bonchev–Trinajstić information content (AvgIpc) is 3.20. The zero-order chi connectivity index (χ0) is 22.1. The fraction of sp³-hybridized carbons (Fsp3) is 0.421. The maximum absolute atomic E-state index is 13.3. The number of halogens is 4. The summed E-state index contributed by atoms with van der Waals surface area (Å²) in [5.41, 5.74) is 0.605. The van der Waals surface area contributed by atoms with Crippen LogP contribution in [0.4, 0.5) is 17.6 Å². The number of rotatable bonds is 5. The van der Waals surface area contributed by atoms with Crippen LogP contribution in [0, 0.1) is 6.92 Å². The van der Waals surface area contributed by atoms with Gasteiger partial charge in [0, 0.05) is 36.3 Å². The number of fused-ring (bicyclic) bond motifs is 1. The quantitative estimate of drug-likeness (QED) is 0.568. The Labute approximate surface area is 173 Å². The zero-order valence-corrected chi connectivity index (χ0v) is 16.4. The molecule has 1 aliphatic heterocycles. The van der Waals surface area contributed by atoms with Crippen LogP contribution in [0.1, 0.15) is 52.6 Å². The standard InChI is InChI=1S/C19H18F4N6O2/c1-10-5-12(6-15(26-10)31-18(22)23)17(30)28-4-2-3-11(8-28)14-7-13(16(20)21)27-19-24-9-25-29(14)19/h5-7,9,11,16,18H,2-4,8H2,1H3/t11-/m0/s1. The third kappa shape index (κ3) is 4.42. The molecular formula is C19H18F4N6O2. The van der Waals surface area contributed by atoms with E-state index in [-0.39, 0.29) is 35.6 Å². The minimum Gasteiger partial charge on any atom is -0.417 e. The summed E-state index contributed by atoms with van der Waals surface area (Å²) >= 11 is 0. The van der Waals surface area contributed by atoms with Crippen molar-refractivity contribution in [1.29, 1.82) is 0 Å². The number of hydrogen-bond acceptors (Lipinski definition) is 6. The molecule has 0 N–H and O–H groups in total. The molecule has 0 bridgehead atoms. The predicted molar refractivity (Wildman–Crippen MR) is 99.2 cm³/mol. The van der Waals surface area contributed by atoms with Gasteiger partial charge >= 0.3 is 6.61 Å². The summed E-state index contributed by atoms with van der Waals surface area (Å²) in [4.78, 5) is 26.2. The van der Waals surface area contributed by atoms with Crippen molar-refractivity contribution in [3.05, 3.63) is 47.2 Å². The van der Waals surface area contributed by atoms with Crippen LogP contribution in [0.15, 0.2) is 24.5 Å². The number of alkyl halides is 4. The first-order valence-electron chi connectivity index (χ1n) is 9.53. The molecule has 31 heavy (non-hydrogen) atoms. The lowest BCUT2D eigenvalue weighted by Crippen LogP contribution is -2.39. The first kappa shape index (κ1) is 20.9. The van der Waals surface area contributed by atoms with Gasteiger partial charge in [0.05, 0.1) is 5.69 Å². The Morgan fingerprint density at radius 3 is 2.74 bits per heavy atom. The highest BCUT2D eigenvalue weighted by molar-refractivity contribution is 5.94. The van der Waals surface area contributed by atoms with E-state index in [2.05, 4.69) is 24.8 Å². The summed E-state index contributed by atoms with van der Waals surface area (Å²) in [5.74, 6) is -0.934. The van der Waals surface area contributed by atoms with Crippen LogP contribution in [0.25, 0.3) is 5.78 Å². The van der Waals surface area contributed by atoms with E-state index in [0.29, 0.717) is 30.8 Å². The summed E-state index contributed by atoms with van der Waals surface area (Å²) in [6, 6.07) is 3.94. The van der Waals surface area contributed by atoms with Crippen LogP contribution in [-0.2, 0) is 0 Å². The Hall–Kier alpha value is -3.31. The number of nitrogens with zero attached hydrogens (tertiary/aromatic N) is 6. The van der Waals surface area contributed by atoms with Crippen molar-refractivity contribution in [1.82, 2.24) is 29.5 Å². The van der Waals surface area contributed by atoms with Crippen molar-refractivity contribution in [2.24, 2.45) is 0 Å². The minimum absolute atomic E-state index is 0.0646. The monoisotopic (exact) mass is 438 g/mol. The van der Waals surface area contributed by atoms with E-state index in [1.807, 2.05) is 0 Å². The van der Waals surface area contributed by atoms with Gasteiger partial charge in [0.1, 0.15) is 12.0 Å². The van der Waals surface area contributed by atoms with E-state index in [9.17, 15) is 22.4 Å². The van der Waals surface area contributed by atoms with Crippen LogP contribution in [0.3, 0.4) is 0 Å². The maximum Gasteiger partial charge on any atom is 0.388 e. The summed E-state index contributed by atoms with van der Waals surface area (Å²) in [7, 11) is 0. The third-order valence-electron chi connectivity index (χ3n) is 5.04. The molecule has 164 valence electrons. The number of ether oxygens (including phenoxy) is 1. The van der Waals surface area contributed by atoms with Gasteiger partial charge in [-0.3, -0.25) is 4.79 Å². The number of likely N-dealkylation sites (tertiary alicyclic amines) is 1. The predicted octanol–water partition coefficient (Wildman–Crippen LogP) is 3.39. The Balaban J connectivity index is 1.61. The SMILES string of the molecule is Cc1cc(C(=O)N2CCC[C@H](c3cc(C(F)F)nc4ncnn34)C2)cc(OC(F)F)n1. The van der Waals surface area contributed by atoms with Crippen molar-refractivity contribution in [3.63, 3.8) is 0 Å². The lowest BCUT2D eigenvalue weighted by atomic mass is 9.93. The highest BCUT2D eigenvalue weighted by atomic mass is 19.3. The number of aryl methyl sites for hydroxylation is 1. The molecule has 1 amide bonds.